The molecule has 2 rings (SSSR count). The molecule has 0 spiro atoms. The molecule has 1 aliphatic rings. The number of likely N-dealkylation sites (N-methyl/N-ethyl adjacent to an activating group) is 1. The average molecular weight is 253 g/mol. The van der Waals surface area contributed by atoms with Crippen molar-refractivity contribution in [1.29, 1.82) is 0 Å². The fraction of sp³-hybridized carbons (Fsp3) is 0.571. The number of ether oxygens (including phenoxy) is 2. The van der Waals surface area contributed by atoms with Gasteiger partial charge in [-0.15, -0.1) is 0 Å². The lowest BCUT2D eigenvalue weighted by molar-refractivity contribution is -0.0114. The number of hydrogen-bond acceptors (Lipinski definition) is 3. The van der Waals surface area contributed by atoms with Crippen LogP contribution >= 0.6 is 0 Å². The van der Waals surface area contributed by atoms with Crippen LogP contribution < -0.4 is 10.1 Å². The molecular weight excluding hydrogens is 233 g/mol. The van der Waals surface area contributed by atoms with Crippen LogP contribution in [0.4, 0.5) is 4.39 Å². The second-order valence-corrected chi connectivity index (χ2v) is 4.85. The zero-order valence-corrected chi connectivity index (χ0v) is 11.1. The summed E-state index contributed by atoms with van der Waals surface area (Å²) in [6, 6.07) is 5.05. The van der Waals surface area contributed by atoms with Gasteiger partial charge in [0.25, 0.3) is 0 Å². The van der Waals surface area contributed by atoms with Crippen molar-refractivity contribution in [3.63, 3.8) is 0 Å². The molecule has 1 aromatic rings. The molecular formula is C14H20FNO2. The van der Waals surface area contributed by atoms with Gasteiger partial charge in [-0.25, -0.2) is 4.39 Å². The highest BCUT2D eigenvalue weighted by Crippen LogP contribution is 2.39. The van der Waals surface area contributed by atoms with E-state index in [2.05, 4.69) is 5.32 Å². The number of methoxy groups -OCH3 is 1. The fourth-order valence-corrected chi connectivity index (χ4v) is 2.73. The zero-order valence-electron chi connectivity index (χ0n) is 11.1. The van der Waals surface area contributed by atoms with Crippen molar-refractivity contribution in [2.24, 2.45) is 0 Å². The van der Waals surface area contributed by atoms with Gasteiger partial charge in [-0.3, -0.25) is 0 Å². The molecule has 0 aromatic heterocycles. The SMILES string of the molecule is CNC(c1cccc(OC)c1F)C1(C)CCCO1. The van der Waals surface area contributed by atoms with Crippen LogP contribution in [0.2, 0.25) is 0 Å². The Kier molecular flexibility index (Phi) is 3.88. The van der Waals surface area contributed by atoms with E-state index < -0.39 is 0 Å². The Morgan fingerprint density at radius 2 is 2.28 bits per heavy atom. The third kappa shape index (κ3) is 2.22. The lowest BCUT2D eigenvalue weighted by atomic mass is 9.87. The first-order valence-electron chi connectivity index (χ1n) is 6.26. The number of benzene rings is 1. The molecule has 0 saturated carbocycles. The van der Waals surface area contributed by atoms with Gasteiger partial charge in [-0.05, 0) is 32.9 Å². The largest absolute Gasteiger partial charge is 0.494 e. The van der Waals surface area contributed by atoms with Gasteiger partial charge in [0.2, 0.25) is 0 Å². The van der Waals surface area contributed by atoms with E-state index in [9.17, 15) is 4.39 Å². The van der Waals surface area contributed by atoms with Crippen LogP contribution in [-0.4, -0.2) is 26.4 Å². The summed E-state index contributed by atoms with van der Waals surface area (Å²) >= 11 is 0. The van der Waals surface area contributed by atoms with E-state index in [-0.39, 0.29) is 23.2 Å². The predicted molar refractivity (Wildman–Crippen MR) is 68.3 cm³/mol. The second-order valence-electron chi connectivity index (χ2n) is 4.85. The smallest absolute Gasteiger partial charge is 0.169 e. The molecule has 4 heteroatoms. The molecule has 1 N–H and O–H groups in total. The molecule has 1 heterocycles. The van der Waals surface area contributed by atoms with E-state index >= 15 is 0 Å². The zero-order chi connectivity index (χ0) is 13.2. The van der Waals surface area contributed by atoms with Crippen molar-refractivity contribution in [3.05, 3.63) is 29.6 Å². The van der Waals surface area contributed by atoms with Gasteiger partial charge in [0.1, 0.15) is 0 Å². The van der Waals surface area contributed by atoms with Gasteiger partial charge < -0.3 is 14.8 Å². The van der Waals surface area contributed by atoms with E-state index in [1.54, 1.807) is 18.2 Å². The topological polar surface area (TPSA) is 30.5 Å². The maximum Gasteiger partial charge on any atom is 0.169 e. The summed E-state index contributed by atoms with van der Waals surface area (Å²) in [6.45, 7) is 2.76. The summed E-state index contributed by atoms with van der Waals surface area (Å²) in [4.78, 5) is 0. The van der Waals surface area contributed by atoms with Gasteiger partial charge >= 0.3 is 0 Å². The minimum atomic E-state index is -0.359. The van der Waals surface area contributed by atoms with Crippen LogP contribution in [0.5, 0.6) is 5.75 Å². The van der Waals surface area contributed by atoms with Gasteiger partial charge in [0.15, 0.2) is 11.6 Å². The number of rotatable bonds is 4. The number of nitrogens with one attached hydrogen (secondary N) is 1. The lowest BCUT2D eigenvalue weighted by Crippen LogP contribution is -2.40. The summed E-state index contributed by atoms with van der Waals surface area (Å²) in [7, 11) is 3.31. The highest BCUT2D eigenvalue weighted by molar-refractivity contribution is 5.34. The predicted octanol–water partition coefficient (Wildman–Crippen LogP) is 2.66. The van der Waals surface area contributed by atoms with E-state index in [0.29, 0.717) is 5.56 Å². The molecule has 2 unspecified atom stereocenters. The number of halogens is 1. The summed E-state index contributed by atoms with van der Waals surface area (Å²) in [5, 5.41) is 3.17. The molecule has 100 valence electrons. The summed E-state index contributed by atoms with van der Waals surface area (Å²) < 4.78 is 25.2. The maximum atomic E-state index is 14.3. The summed E-state index contributed by atoms with van der Waals surface area (Å²) in [6.07, 6.45) is 1.94. The Morgan fingerprint density at radius 1 is 1.50 bits per heavy atom. The van der Waals surface area contributed by atoms with Crippen molar-refractivity contribution in [3.8, 4) is 5.75 Å². The van der Waals surface area contributed by atoms with Crippen molar-refractivity contribution >= 4 is 0 Å². The summed E-state index contributed by atoms with van der Waals surface area (Å²) in [5.74, 6) is -0.0366. The molecule has 2 atom stereocenters. The van der Waals surface area contributed by atoms with Gasteiger partial charge in [0, 0.05) is 12.2 Å². The minimum absolute atomic E-state index is 0.171. The van der Waals surface area contributed by atoms with Crippen molar-refractivity contribution in [2.45, 2.75) is 31.4 Å². The Balaban J connectivity index is 2.38. The van der Waals surface area contributed by atoms with Crippen molar-refractivity contribution < 1.29 is 13.9 Å². The molecule has 1 aromatic carbocycles. The van der Waals surface area contributed by atoms with Crippen LogP contribution in [-0.2, 0) is 4.74 Å². The van der Waals surface area contributed by atoms with Gasteiger partial charge in [0.05, 0.1) is 18.8 Å². The molecule has 1 fully saturated rings. The third-order valence-corrected chi connectivity index (χ3v) is 3.67. The van der Waals surface area contributed by atoms with Crippen LogP contribution in [0.25, 0.3) is 0 Å². The molecule has 0 bridgehead atoms. The molecule has 1 saturated heterocycles. The molecule has 18 heavy (non-hydrogen) atoms. The Labute approximate surface area is 107 Å². The molecule has 0 amide bonds. The van der Waals surface area contributed by atoms with Crippen LogP contribution in [0.3, 0.4) is 0 Å². The van der Waals surface area contributed by atoms with E-state index in [1.165, 1.54) is 7.11 Å². The monoisotopic (exact) mass is 253 g/mol. The Morgan fingerprint density at radius 3 is 2.83 bits per heavy atom. The quantitative estimate of drug-likeness (QED) is 0.895. The first kappa shape index (κ1) is 13.3. The Bertz CT molecular complexity index is 416. The maximum absolute atomic E-state index is 14.3. The van der Waals surface area contributed by atoms with E-state index in [4.69, 9.17) is 9.47 Å². The fourth-order valence-electron chi connectivity index (χ4n) is 2.73. The van der Waals surface area contributed by atoms with Crippen LogP contribution in [0.1, 0.15) is 31.4 Å². The van der Waals surface area contributed by atoms with Gasteiger partial charge in [-0.1, -0.05) is 12.1 Å². The lowest BCUT2D eigenvalue weighted by Gasteiger charge is -2.33. The number of hydrogen-bond donors (Lipinski definition) is 1. The molecule has 0 aliphatic carbocycles. The minimum Gasteiger partial charge on any atom is -0.494 e. The van der Waals surface area contributed by atoms with Gasteiger partial charge in [-0.2, -0.15) is 0 Å². The van der Waals surface area contributed by atoms with E-state index in [1.807, 2.05) is 14.0 Å². The molecule has 0 radical (unpaired) electrons. The van der Waals surface area contributed by atoms with Crippen LogP contribution in [0, 0.1) is 5.82 Å². The third-order valence-electron chi connectivity index (χ3n) is 3.67. The Hall–Kier alpha value is -1.13. The standard InChI is InChI=1S/C14H20FNO2/c1-14(8-5-9-18-14)13(16-2)10-6-4-7-11(17-3)12(10)15/h4,6-7,13,16H,5,8-9H2,1-3H3. The molecule has 3 nitrogen and oxygen atoms in total. The first-order chi connectivity index (χ1) is 8.62. The van der Waals surface area contributed by atoms with Crippen LogP contribution in [0.15, 0.2) is 18.2 Å². The highest BCUT2D eigenvalue weighted by atomic mass is 19.1. The first-order valence-corrected chi connectivity index (χ1v) is 6.26. The van der Waals surface area contributed by atoms with Crippen molar-refractivity contribution in [1.82, 2.24) is 5.32 Å². The highest BCUT2D eigenvalue weighted by Gasteiger charge is 2.40. The van der Waals surface area contributed by atoms with E-state index in [0.717, 1.165) is 19.4 Å². The normalized spacial score (nSPS) is 25.1. The summed E-state index contributed by atoms with van der Waals surface area (Å²) in [5.41, 5.74) is 0.239. The van der Waals surface area contributed by atoms with Crippen molar-refractivity contribution in [2.75, 3.05) is 20.8 Å². The second kappa shape index (κ2) is 5.24. The molecule has 1 aliphatic heterocycles. The average Bonchev–Trinajstić information content (AvgIpc) is 2.80.